The highest BCUT2D eigenvalue weighted by molar-refractivity contribution is 5.83. The van der Waals surface area contributed by atoms with Crippen molar-refractivity contribution in [2.24, 2.45) is 5.73 Å². The molecule has 0 saturated heterocycles. The van der Waals surface area contributed by atoms with Gasteiger partial charge in [-0.2, -0.15) is 0 Å². The van der Waals surface area contributed by atoms with E-state index in [0.717, 1.165) is 16.3 Å². The first kappa shape index (κ1) is 18.7. The van der Waals surface area contributed by atoms with Crippen LogP contribution >= 0.6 is 0 Å². The van der Waals surface area contributed by atoms with Gasteiger partial charge in [-0.05, 0) is 43.5 Å². The standard InChI is InChI=1S/C13H13NO2.C9H12/c14-12(13(15)16)8-9-5-6-10-3-1-2-4-11(10)7-9;1-7-4-8(2)6-9(3)5-7/h1-7,12H,8,14H2,(H,15,16);4-6H,1-3H3/t12-;/m0./s1. The first-order valence-corrected chi connectivity index (χ1v) is 8.36. The Kier molecular flexibility index (Phi) is 6.31. The van der Waals surface area contributed by atoms with Crippen LogP contribution in [0.2, 0.25) is 0 Å². The topological polar surface area (TPSA) is 63.3 Å². The van der Waals surface area contributed by atoms with Gasteiger partial charge in [0.15, 0.2) is 0 Å². The molecule has 0 unspecified atom stereocenters. The summed E-state index contributed by atoms with van der Waals surface area (Å²) in [7, 11) is 0. The van der Waals surface area contributed by atoms with Gasteiger partial charge in [0.1, 0.15) is 6.04 Å². The second-order valence-electron chi connectivity index (χ2n) is 6.50. The molecule has 0 aliphatic rings. The summed E-state index contributed by atoms with van der Waals surface area (Å²) in [4.78, 5) is 10.6. The molecule has 25 heavy (non-hydrogen) atoms. The van der Waals surface area contributed by atoms with Crippen LogP contribution in [0.15, 0.2) is 60.7 Å². The highest BCUT2D eigenvalue weighted by atomic mass is 16.4. The first-order valence-electron chi connectivity index (χ1n) is 8.36. The van der Waals surface area contributed by atoms with Crippen LogP contribution in [0.5, 0.6) is 0 Å². The Balaban J connectivity index is 0.000000212. The predicted octanol–water partition coefficient (Wildman–Crippen LogP) is 4.41. The van der Waals surface area contributed by atoms with Gasteiger partial charge in [-0.25, -0.2) is 0 Å². The van der Waals surface area contributed by atoms with Gasteiger partial charge < -0.3 is 10.8 Å². The highest BCUT2D eigenvalue weighted by Crippen LogP contribution is 2.16. The van der Waals surface area contributed by atoms with E-state index < -0.39 is 12.0 Å². The number of hydrogen-bond acceptors (Lipinski definition) is 2. The summed E-state index contributed by atoms with van der Waals surface area (Å²) in [6.45, 7) is 6.38. The summed E-state index contributed by atoms with van der Waals surface area (Å²) in [6.07, 6.45) is 0.361. The summed E-state index contributed by atoms with van der Waals surface area (Å²) in [5.41, 5.74) is 10.5. The number of fused-ring (bicyclic) bond motifs is 1. The number of carbonyl (C=O) groups is 1. The lowest BCUT2D eigenvalue weighted by Crippen LogP contribution is -2.32. The van der Waals surface area contributed by atoms with Crippen molar-refractivity contribution in [3.63, 3.8) is 0 Å². The zero-order chi connectivity index (χ0) is 18.4. The fourth-order valence-electron chi connectivity index (χ4n) is 2.91. The molecule has 3 aromatic carbocycles. The van der Waals surface area contributed by atoms with Crippen molar-refractivity contribution >= 4 is 16.7 Å². The summed E-state index contributed by atoms with van der Waals surface area (Å²) < 4.78 is 0. The van der Waals surface area contributed by atoms with Gasteiger partial charge in [0.05, 0.1) is 0 Å². The summed E-state index contributed by atoms with van der Waals surface area (Å²) in [6, 6.07) is 19.6. The first-order chi connectivity index (χ1) is 11.8. The van der Waals surface area contributed by atoms with Crippen LogP contribution in [0.3, 0.4) is 0 Å². The molecule has 0 heterocycles. The predicted molar refractivity (Wildman–Crippen MR) is 104 cm³/mol. The van der Waals surface area contributed by atoms with Crippen LogP contribution in [0.4, 0.5) is 0 Å². The van der Waals surface area contributed by atoms with E-state index in [1.54, 1.807) is 0 Å². The van der Waals surface area contributed by atoms with Gasteiger partial charge in [-0.1, -0.05) is 77.4 Å². The van der Waals surface area contributed by atoms with Gasteiger partial charge in [0, 0.05) is 0 Å². The molecule has 3 aromatic rings. The van der Waals surface area contributed by atoms with E-state index in [1.807, 2.05) is 42.5 Å². The summed E-state index contributed by atoms with van der Waals surface area (Å²) >= 11 is 0. The van der Waals surface area contributed by atoms with E-state index in [9.17, 15) is 4.79 Å². The minimum atomic E-state index is -0.965. The van der Waals surface area contributed by atoms with Crippen LogP contribution in [-0.4, -0.2) is 17.1 Å². The molecule has 3 rings (SSSR count). The Bertz CT molecular complexity index is 820. The van der Waals surface area contributed by atoms with E-state index in [4.69, 9.17) is 10.8 Å². The fraction of sp³-hybridized carbons (Fsp3) is 0.227. The largest absolute Gasteiger partial charge is 0.480 e. The molecular weight excluding hydrogens is 310 g/mol. The average Bonchev–Trinajstić information content (AvgIpc) is 2.54. The van der Waals surface area contributed by atoms with Crippen molar-refractivity contribution in [1.29, 1.82) is 0 Å². The molecule has 3 nitrogen and oxygen atoms in total. The normalized spacial score (nSPS) is 11.5. The minimum absolute atomic E-state index is 0.361. The molecule has 3 N–H and O–H groups in total. The van der Waals surface area contributed by atoms with E-state index in [2.05, 4.69) is 39.0 Å². The number of carboxylic acid groups (broad SMARTS) is 1. The van der Waals surface area contributed by atoms with Crippen molar-refractivity contribution in [3.8, 4) is 0 Å². The lowest BCUT2D eigenvalue weighted by Gasteiger charge is -2.07. The zero-order valence-corrected chi connectivity index (χ0v) is 15.0. The number of hydrogen-bond donors (Lipinski definition) is 2. The lowest BCUT2D eigenvalue weighted by molar-refractivity contribution is -0.138. The van der Waals surface area contributed by atoms with Crippen LogP contribution in [-0.2, 0) is 11.2 Å². The monoisotopic (exact) mass is 335 g/mol. The molecule has 0 bridgehead atoms. The van der Waals surface area contributed by atoms with Gasteiger partial charge >= 0.3 is 5.97 Å². The maximum absolute atomic E-state index is 10.6. The molecule has 130 valence electrons. The number of aliphatic carboxylic acids is 1. The zero-order valence-electron chi connectivity index (χ0n) is 15.0. The molecule has 0 aliphatic heterocycles. The van der Waals surface area contributed by atoms with Gasteiger partial charge in [-0.3, -0.25) is 4.79 Å². The van der Waals surface area contributed by atoms with Crippen LogP contribution < -0.4 is 5.73 Å². The van der Waals surface area contributed by atoms with E-state index >= 15 is 0 Å². The molecule has 1 atom stereocenters. The molecule has 0 saturated carbocycles. The smallest absolute Gasteiger partial charge is 0.320 e. The Labute approximate surface area is 149 Å². The van der Waals surface area contributed by atoms with Crippen molar-refractivity contribution in [2.45, 2.75) is 33.2 Å². The van der Waals surface area contributed by atoms with E-state index in [1.165, 1.54) is 16.7 Å². The van der Waals surface area contributed by atoms with Crippen LogP contribution in [0.25, 0.3) is 10.8 Å². The average molecular weight is 335 g/mol. The van der Waals surface area contributed by atoms with Crippen molar-refractivity contribution in [2.75, 3.05) is 0 Å². The van der Waals surface area contributed by atoms with Gasteiger partial charge in [0.2, 0.25) is 0 Å². The van der Waals surface area contributed by atoms with E-state index in [0.29, 0.717) is 6.42 Å². The molecule has 0 aromatic heterocycles. The third-order valence-corrected chi connectivity index (χ3v) is 3.95. The number of aryl methyl sites for hydroxylation is 3. The molecule has 3 heteroatoms. The quantitative estimate of drug-likeness (QED) is 0.745. The van der Waals surface area contributed by atoms with Crippen LogP contribution in [0, 0.1) is 20.8 Å². The molecule has 0 radical (unpaired) electrons. The molecule has 0 spiro atoms. The lowest BCUT2D eigenvalue weighted by atomic mass is 10.0. The Morgan fingerprint density at radius 2 is 1.40 bits per heavy atom. The highest BCUT2D eigenvalue weighted by Gasteiger charge is 2.11. The van der Waals surface area contributed by atoms with Crippen LogP contribution in [0.1, 0.15) is 22.3 Å². The van der Waals surface area contributed by atoms with E-state index in [-0.39, 0.29) is 0 Å². The second kappa shape index (κ2) is 8.45. The van der Waals surface area contributed by atoms with Crippen molar-refractivity contribution in [3.05, 3.63) is 82.9 Å². The van der Waals surface area contributed by atoms with Crippen molar-refractivity contribution < 1.29 is 9.90 Å². The minimum Gasteiger partial charge on any atom is -0.480 e. The molecule has 0 amide bonds. The number of nitrogens with two attached hydrogens (primary N) is 1. The van der Waals surface area contributed by atoms with Gasteiger partial charge in [-0.15, -0.1) is 0 Å². The number of carboxylic acids is 1. The molecular formula is C22H25NO2. The SMILES string of the molecule is Cc1cc(C)cc(C)c1.N[C@@H](Cc1ccc2ccccc2c1)C(=O)O. The third-order valence-electron chi connectivity index (χ3n) is 3.95. The fourth-order valence-corrected chi connectivity index (χ4v) is 2.91. The van der Waals surface area contributed by atoms with Crippen molar-refractivity contribution in [1.82, 2.24) is 0 Å². The maximum atomic E-state index is 10.6. The number of benzene rings is 3. The molecule has 0 fully saturated rings. The number of rotatable bonds is 3. The Morgan fingerprint density at radius 1 is 0.880 bits per heavy atom. The molecule has 0 aliphatic carbocycles. The third kappa shape index (κ3) is 5.73. The maximum Gasteiger partial charge on any atom is 0.320 e. The Hall–Kier alpha value is -2.65. The Morgan fingerprint density at radius 3 is 1.92 bits per heavy atom. The van der Waals surface area contributed by atoms with Gasteiger partial charge in [0.25, 0.3) is 0 Å². The second-order valence-corrected chi connectivity index (χ2v) is 6.50. The summed E-state index contributed by atoms with van der Waals surface area (Å²) in [5.74, 6) is -0.965. The summed E-state index contributed by atoms with van der Waals surface area (Å²) in [5, 5.41) is 11.0.